The molecule has 0 fully saturated rings. The van der Waals surface area contributed by atoms with Crippen LogP contribution in [0.1, 0.15) is 50.7 Å². The summed E-state index contributed by atoms with van der Waals surface area (Å²) in [7, 11) is 1.62. The lowest BCUT2D eigenvalue weighted by molar-refractivity contribution is -0.141. The Labute approximate surface area is 191 Å². The van der Waals surface area contributed by atoms with Crippen LogP contribution < -0.4 is 14.8 Å². The molecule has 174 valence electrons. The van der Waals surface area contributed by atoms with Gasteiger partial charge >= 0.3 is 0 Å². The molecular formula is C26H36N2O4. The van der Waals surface area contributed by atoms with Crippen LogP contribution in [0.25, 0.3) is 0 Å². The first-order valence-electron chi connectivity index (χ1n) is 11.4. The number of carbonyl (C=O) groups excluding carboxylic acids is 2. The van der Waals surface area contributed by atoms with E-state index >= 15 is 0 Å². The molecule has 1 N–H and O–H groups in total. The summed E-state index contributed by atoms with van der Waals surface area (Å²) >= 11 is 0. The largest absolute Gasteiger partial charge is 0.497 e. The van der Waals surface area contributed by atoms with Crippen LogP contribution in [0, 0.1) is 6.92 Å². The van der Waals surface area contributed by atoms with Crippen molar-refractivity contribution in [2.75, 3.05) is 20.3 Å². The van der Waals surface area contributed by atoms with Gasteiger partial charge in [-0.2, -0.15) is 0 Å². The Kier molecular flexibility index (Phi) is 10.6. The molecule has 0 aliphatic rings. The molecule has 0 saturated carbocycles. The molecule has 0 aliphatic heterocycles. The van der Waals surface area contributed by atoms with Gasteiger partial charge in [-0.3, -0.25) is 9.59 Å². The van der Waals surface area contributed by atoms with Crippen molar-refractivity contribution in [3.63, 3.8) is 0 Å². The van der Waals surface area contributed by atoms with Crippen LogP contribution in [0.4, 0.5) is 0 Å². The van der Waals surface area contributed by atoms with E-state index in [9.17, 15) is 9.59 Å². The molecule has 2 rings (SSSR count). The van der Waals surface area contributed by atoms with Gasteiger partial charge in [-0.15, -0.1) is 0 Å². The van der Waals surface area contributed by atoms with E-state index in [1.54, 1.807) is 12.0 Å². The van der Waals surface area contributed by atoms with Crippen molar-refractivity contribution in [2.45, 2.75) is 59.0 Å². The molecule has 0 saturated heterocycles. The van der Waals surface area contributed by atoms with E-state index in [1.807, 2.05) is 69.3 Å². The van der Waals surface area contributed by atoms with E-state index in [2.05, 4.69) is 5.32 Å². The number of methoxy groups -OCH3 is 1. The van der Waals surface area contributed by atoms with Gasteiger partial charge in [-0.25, -0.2) is 0 Å². The van der Waals surface area contributed by atoms with Gasteiger partial charge in [0.15, 0.2) is 0 Å². The first-order chi connectivity index (χ1) is 15.5. The summed E-state index contributed by atoms with van der Waals surface area (Å²) in [5, 5.41) is 2.95. The van der Waals surface area contributed by atoms with E-state index in [0.717, 1.165) is 29.0 Å². The number of hydrogen-bond donors (Lipinski definition) is 1. The summed E-state index contributed by atoms with van der Waals surface area (Å²) < 4.78 is 10.9. The van der Waals surface area contributed by atoms with Crippen LogP contribution >= 0.6 is 0 Å². The van der Waals surface area contributed by atoms with E-state index in [0.29, 0.717) is 39.0 Å². The minimum atomic E-state index is -0.490. The Hall–Kier alpha value is -3.02. The second kappa shape index (κ2) is 13.4. The molecule has 0 radical (unpaired) electrons. The minimum Gasteiger partial charge on any atom is -0.497 e. The van der Waals surface area contributed by atoms with Crippen LogP contribution in [0.15, 0.2) is 48.5 Å². The second-order valence-corrected chi connectivity index (χ2v) is 7.79. The fourth-order valence-electron chi connectivity index (χ4n) is 3.49. The highest BCUT2D eigenvalue weighted by atomic mass is 16.5. The zero-order valence-electron chi connectivity index (χ0n) is 19.7. The molecule has 2 aromatic rings. The number of hydrogen-bond acceptors (Lipinski definition) is 4. The molecule has 1 atom stereocenters. The maximum atomic E-state index is 13.2. The van der Waals surface area contributed by atoms with Crippen molar-refractivity contribution in [1.29, 1.82) is 0 Å². The molecule has 0 spiro atoms. The van der Waals surface area contributed by atoms with Gasteiger partial charge in [-0.05, 0) is 61.6 Å². The van der Waals surface area contributed by atoms with E-state index in [4.69, 9.17) is 9.47 Å². The minimum absolute atomic E-state index is 0.0370. The number of rotatable bonds is 13. The van der Waals surface area contributed by atoms with Crippen LogP contribution in [0.5, 0.6) is 11.5 Å². The topological polar surface area (TPSA) is 67.9 Å². The van der Waals surface area contributed by atoms with Gasteiger partial charge in [-0.1, -0.05) is 38.1 Å². The van der Waals surface area contributed by atoms with Gasteiger partial charge < -0.3 is 19.7 Å². The smallest absolute Gasteiger partial charge is 0.242 e. The molecule has 0 bridgehead atoms. The number of nitrogens with zero attached hydrogens (tertiary/aromatic N) is 1. The summed E-state index contributed by atoms with van der Waals surface area (Å²) in [5.41, 5.74) is 2.16. The van der Waals surface area contributed by atoms with Gasteiger partial charge in [0.25, 0.3) is 0 Å². The molecule has 0 heterocycles. The Morgan fingerprint density at radius 1 is 1.03 bits per heavy atom. The van der Waals surface area contributed by atoms with Crippen molar-refractivity contribution in [3.05, 3.63) is 59.7 Å². The van der Waals surface area contributed by atoms with Crippen molar-refractivity contribution in [3.8, 4) is 11.5 Å². The number of carbonyl (C=O) groups is 2. The van der Waals surface area contributed by atoms with Gasteiger partial charge in [0.1, 0.15) is 17.5 Å². The standard InChI is InChI=1S/C26H36N2O4/c1-5-17-27-26(30)24(6-2)28(19-21-11-8-7-10-20(21)3)25(29)12-9-18-32-23-15-13-22(31-4)14-16-23/h7-8,10-11,13-16,24H,5-6,9,12,17-19H2,1-4H3,(H,27,30)/t24-/m1/s1. The highest BCUT2D eigenvalue weighted by Crippen LogP contribution is 2.19. The molecule has 2 aromatic carbocycles. The normalized spacial score (nSPS) is 11.5. The Bertz CT molecular complexity index is 851. The number of benzene rings is 2. The van der Waals surface area contributed by atoms with Gasteiger partial charge in [0.05, 0.1) is 13.7 Å². The predicted molar refractivity (Wildman–Crippen MR) is 127 cm³/mol. The third-order valence-electron chi connectivity index (χ3n) is 5.40. The lowest BCUT2D eigenvalue weighted by Crippen LogP contribution is -2.49. The maximum Gasteiger partial charge on any atom is 0.242 e. The maximum absolute atomic E-state index is 13.2. The fraction of sp³-hybridized carbons (Fsp3) is 0.462. The number of ether oxygens (including phenoxy) is 2. The third kappa shape index (κ3) is 7.59. The molecule has 6 heteroatoms. The average molecular weight is 441 g/mol. The summed E-state index contributed by atoms with van der Waals surface area (Å²) in [6.07, 6.45) is 2.31. The molecule has 6 nitrogen and oxygen atoms in total. The van der Waals surface area contributed by atoms with E-state index in [1.165, 1.54) is 0 Å². The lowest BCUT2D eigenvalue weighted by atomic mass is 10.1. The average Bonchev–Trinajstić information content (AvgIpc) is 2.81. The Morgan fingerprint density at radius 3 is 2.34 bits per heavy atom. The third-order valence-corrected chi connectivity index (χ3v) is 5.40. The highest BCUT2D eigenvalue weighted by molar-refractivity contribution is 5.87. The molecule has 0 unspecified atom stereocenters. The zero-order valence-corrected chi connectivity index (χ0v) is 19.7. The predicted octanol–water partition coefficient (Wildman–Crippen LogP) is 4.50. The van der Waals surface area contributed by atoms with Gasteiger partial charge in [0, 0.05) is 19.5 Å². The number of amides is 2. The molecule has 0 aromatic heterocycles. The molecule has 0 aliphatic carbocycles. The summed E-state index contributed by atoms with van der Waals surface area (Å²) in [6.45, 7) is 7.44. The van der Waals surface area contributed by atoms with Crippen LogP contribution in [-0.2, 0) is 16.1 Å². The molecule has 2 amide bonds. The van der Waals surface area contributed by atoms with E-state index in [-0.39, 0.29) is 11.8 Å². The summed E-state index contributed by atoms with van der Waals surface area (Å²) in [5.74, 6) is 1.38. The Morgan fingerprint density at radius 2 is 1.72 bits per heavy atom. The SMILES string of the molecule is CCCNC(=O)[C@@H](CC)N(Cc1ccccc1C)C(=O)CCCOc1ccc(OC)cc1. The second-order valence-electron chi connectivity index (χ2n) is 7.79. The molecular weight excluding hydrogens is 404 g/mol. The van der Waals surface area contributed by atoms with Crippen LogP contribution in [0.3, 0.4) is 0 Å². The van der Waals surface area contributed by atoms with E-state index < -0.39 is 6.04 Å². The summed E-state index contributed by atoms with van der Waals surface area (Å²) in [4.78, 5) is 27.7. The highest BCUT2D eigenvalue weighted by Gasteiger charge is 2.28. The van der Waals surface area contributed by atoms with Crippen LogP contribution in [-0.4, -0.2) is 43.0 Å². The first kappa shape index (κ1) is 25.2. The Balaban J connectivity index is 2.03. The quantitative estimate of drug-likeness (QED) is 0.466. The zero-order chi connectivity index (χ0) is 23.3. The van der Waals surface area contributed by atoms with Crippen LogP contribution in [0.2, 0.25) is 0 Å². The van der Waals surface area contributed by atoms with Crippen molar-refractivity contribution in [1.82, 2.24) is 10.2 Å². The monoisotopic (exact) mass is 440 g/mol. The number of nitrogens with one attached hydrogen (secondary N) is 1. The summed E-state index contributed by atoms with van der Waals surface area (Å²) in [6, 6.07) is 14.9. The lowest BCUT2D eigenvalue weighted by Gasteiger charge is -2.31. The first-order valence-corrected chi connectivity index (χ1v) is 11.4. The van der Waals surface area contributed by atoms with Crippen molar-refractivity contribution in [2.24, 2.45) is 0 Å². The fourth-order valence-corrected chi connectivity index (χ4v) is 3.49. The van der Waals surface area contributed by atoms with Crippen molar-refractivity contribution < 1.29 is 19.1 Å². The number of aryl methyl sites for hydroxylation is 1. The van der Waals surface area contributed by atoms with Gasteiger partial charge in [0.2, 0.25) is 11.8 Å². The van der Waals surface area contributed by atoms with Crippen molar-refractivity contribution >= 4 is 11.8 Å². The molecule has 32 heavy (non-hydrogen) atoms.